The van der Waals surface area contributed by atoms with Gasteiger partial charge >= 0.3 is 0 Å². The second kappa shape index (κ2) is 5.52. The number of hydrogen-bond donors (Lipinski definition) is 0. The Balaban J connectivity index is 2.31. The summed E-state index contributed by atoms with van der Waals surface area (Å²) in [6.45, 7) is 1.41. The molecule has 2 rings (SSSR count). The lowest BCUT2D eigenvalue weighted by Gasteiger charge is -2.12. The maximum atomic E-state index is 9.28. The third kappa shape index (κ3) is 2.61. The Morgan fingerprint density at radius 1 is 1.17 bits per heavy atom. The molecule has 2 aromatic carbocycles. The van der Waals surface area contributed by atoms with Crippen LogP contribution in [0, 0.1) is 11.3 Å². The second-order valence-corrected chi connectivity index (χ2v) is 4.42. The number of likely N-dealkylation sites (N-methyl/N-ethyl adjacent to an activating group) is 1. The van der Waals surface area contributed by atoms with Crippen molar-refractivity contribution in [1.82, 2.24) is 4.90 Å². The molecule has 0 N–H and O–H groups in total. The van der Waals surface area contributed by atoms with Crippen molar-refractivity contribution in [2.75, 3.05) is 27.2 Å². The third-order valence-electron chi connectivity index (χ3n) is 2.80. The summed E-state index contributed by atoms with van der Waals surface area (Å²) in [5.74, 6) is 0.665. The molecule has 3 nitrogen and oxygen atoms in total. The average Bonchev–Trinajstić information content (AvgIpc) is 2.38. The van der Waals surface area contributed by atoms with Crippen molar-refractivity contribution in [3.63, 3.8) is 0 Å². The summed E-state index contributed by atoms with van der Waals surface area (Å²) in [5, 5.41) is 11.3. The van der Waals surface area contributed by atoms with Crippen molar-refractivity contribution >= 4 is 10.8 Å². The number of ether oxygens (including phenoxy) is 1. The van der Waals surface area contributed by atoms with Crippen molar-refractivity contribution in [3.8, 4) is 11.8 Å². The molecule has 0 spiro atoms. The van der Waals surface area contributed by atoms with Crippen molar-refractivity contribution in [2.24, 2.45) is 0 Å². The van der Waals surface area contributed by atoms with Crippen molar-refractivity contribution in [1.29, 1.82) is 5.26 Å². The topological polar surface area (TPSA) is 36.3 Å². The number of fused-ring (bicyclic) bond motifs is 1. The highest BCUT2D eigenvalue weighted by molar-refractivity contribution is 5.90. The van der Waals surface area contributed by atoms with E-state index in [9.17, 15) is 5.26 Å². The molecule has 0 amide bonds. The van der Waals surface area contributed by atoms with Gasteiger partial charge in [0.15, 0.2) is 0 Å². The highest BCUT2D eigenvalue weighted by Crippen LogP contribution is 2.27. The predicted octanol–water partition coefficient (Wildman–Crippen LogP) is 2.65. The monoisotopic (exact) mass is 240 g/mol. The lowest BCUT2D eigenvalue weighted by molar-refractivity contribution is 0.261. The summed E-state index contributed by atoms with van der Waals surface area (Å²) in [4.78, 5) is 2.05. The van der Waals surface area contributed by atoms with E-state index in [2.05, 4.69) is 6.07 Å². The van der Waals surface area contributed by atoms with E-state index in [0.29, 0.717) is 17.9 Å². The lowest BCUT2D eigenvalue weighted by atomic mass is 10.0. The average molecular weight is 240 g/mol. The van der Waals surface area contributed by atoms with Crippen LogP contribution in [0.3, 0.4) is 0 Å². The van der Waals surface area contributed by atoms with Gasteiger partial charge in [-0.25, -0.2) is 0 Å². The zero-order valence-corrected chi connectivity index (χ0v) is 10.7. The van der Waals surface area contributed by atoms with Crippen LogP contribution in [0.15, 0.2) is 36.4 Å². The minimum atomic E-state index is 0.583. The second-order valence-electron chi connectivity index (χ2n) is 4.42. The standard InChI is InChI=1S/C15H16N2O/c1-17(2)9-10-18-15-8-7-12-5-3-4-6-13(12)14(15)11-16/h3-8H,9-10H2,1-2H3. The van der Waals surface area contributed by atoms with Crippen LogP contribution < -0.4 is 4.74 Å². The minimum Gasteiger partial charge on any atom is -0.491 e. The molecule has 0 saturated carbocycles. The highest BCUT2D eigenvalue weighted by Gasteiger charge is 2.07. The molecule has 0 fully saturated rings. The van der Waals surface area contributed by atoms with Gasteiger partial charge in [0.2, 0.25) is 0 Å². The van der Waals surface area contributed by atoms with Gasteiger partial charge in [-0.1, -0.05) is 30.3 Å². The first-order chi connectivity index (χ1) is 8.72. The SMILES string of the molecule is CN(C)CCOc1ccc2ccccc2c1C#N. The van der Waals surface area contributed by atoms with E-state index in [1.807, 2.05) is 55.4 Å². The molecule has 0 radical (unpaired) electrons. The maximum absolute atomic E-state index is 9.28. The number of hydrogen-bond acceptors (Lipinski definition) is 3. The molecular weight excluding hydrogens is 224 g/mol. The summed E-state index contributed by atoms with van der Waals surface area (Å²) < 4.78 is 5.68. The zero-order valence-electron chi connectivity index (χ0n) is 10.7. The molecule has 92 valence electrons. The fraction of sp³-hybridized carbons (Fsp3) is 0.267. The molecule has 0 aliphatic heterocycles. The van der Waals surface area contributed by atoms with E-state index < -0.39 is 0 Å². The Morgan fingerprint density at radius 2 is 1.94 bits per heavy atom. The molecule has 0 saturated heterocycles. The molecular formula is C15H16N2O. The number of nitriles is 1. The first-order valence-electron chi connectivity index (χ1n) is 5.92. The molecule has 2 aromatic rings. The van der Waals surface area contributed by atoms with Gasteiger partial charge in [-0.2, -0.15) is 5.26 Å². The maximum Gasteiger partial charge on any atom is 0.137 e. The van der Waals surface area contributed by atoms with Crippen LogP contribution in [-0.4, -0.2) is 32.1 Å². The van der Waals surface area contributed by atoms with Crippen LogP contribution in [0.1, 0.15) is 5.56 Å². The van der Waals surface area contributed by atoms with Crippen LogP contribution in [0.5, 0.6) is 5.75 Å². The lowest BCUT2D eigenvalue weighted by Crippen LogP contribution is -2.19. The first kappa shape index (κ1) is 12.4. The Labute approximate surface area is 107 Å². The summed E-state index contributed by atoms with van der Waals surface area (Å²) in [5.41, 5.74) is 0.617. The third-order valence-corrected chi connectivity index (χ3v) is 2.80. The van der Waals surface area contributed by atoms with Crippen molar-refractivity contribution in [3.05, 3.63) is 42.0 Å². The van der Waals surface area contributed by atoms with E-state index in [1.165, 1.54) is 0 Å². The fourth-order valence-electron chi connectivity index (χ4n) is 1.83. The number of rotatable bonds is 4. The van der Waals surface area contributed by atoms with E-state index >= 15 is 0 Å². The van der Waals surface area contributed by atoms with Gasteiger partial charge in [-0.05, 0) is 25.5 Å². The van der Waals surface area contributed by atoms with Crippen LogP contribution >= 0.6 is 0 Å². The molecule has 18 heavy (non-hydrogen) atoms. The molecule has 0 aliphatic rings. The number of nitrogens with zero attached hydrogens (tertiary/aromatic N) is 2. The van der Waals surface area contributed by atoms with Crippen LogP contribution in [-0.2, 0) is 0 Å². The van der Waals surface area contributed by atoms with E-state index in [0.717, 1.165) is 17.3 Å². The van der Waals surface area contributed by atoms with Crippen LogP contribution in [0.25, 0.3) is 10.8 Å². The highest BCUT2D eigenvalue weighted by atomic mass is 16.5. The van der Waals surface area contributed by atoms with E-state index in [4.69, 9.17) is 4.74 Å². The fourth-order valence-corrected chi connectivity index (χ4v) is 1.83. The van der Waals surface area contributed by atoms with Gasteiger partial charge in [-0.3, -0.25) is 0 Å². The largest absolute Gasteiger partial charge is 0.491 e. The number of benzene rings is 2. The van der Waals surface area contributed by atoms with Gasteiger partial charge < -0.3 is 9.64 Å². The van der Waals surface area contributed by atoms with E-state index in [1.54, 1.807) is 0 Å². The normalized spacial score (nSPS) is 10.6. The molecule has 0 heterocycles. The van der Waals surface area contributed by atoms with Gasteiger partial charge in [0, 0.05) is 11.9 Å². The molecule has 3 heteroatoms. The van der Waals surface area contributed by atoms with E-state index in [-0.39, 0.29) is 0 Å². The van der Waals surface area contributed by atoms with Gasteiger partial charge in [-0.15, -0.1) is 0 Å². The molecule has 0 bridgehead atoms. The Hall–Kier alpha value is -2.05. The summed E-state index contributed by atoms with van der Waals surface area (Å²) in [6.07, 6.45) is 0. The Bertz CT molecular complexity index is 585. The molecule has 0 aromatic heterocycles. The summed E-state index contributed by atoms with van der Waals surface area (Å²) in [7, 11) is 3.99. The summed E-state index contributed by atoms with van der Waals surface area (Å²) in [6, 6.07) is 14.0. The quantitative estimate of drug-likeness (QED) is 0.824. The molecule has 0 unspecified atom stereocenters. The zero-order chi connectivity index (χ0) is 13.0. The molecule has 0 aliphatic carbocycles. The predicted molar refractivity (Wildman–Crippen MR) is 72.7 cm³/mol. The molecule has 0 atom stereocenters. The van der Waals surface area contributed by atoms with Crippen molar-refractivity contribution < 1.29 is 4.74 Å². The Kier molecular flexibility index (Phi) is 3.81. The van der Waals surface area contributed by atoms with Crippen LogP contribution in [0.2, 0.25) is 0 Å². The minimum absolute atomic E-state index is 0.583. The smallest absolute Gasteiger partial charge is 0.137 e. The summed E-state index contributed by atoms with van der Waals surface area (Å²) >= 11 is 0. The van der Waals surface area contributed by atoms with Gasteiger partial charge in [0.05, 0.1) is 0 Å². The van der Waals surface area contributed by atoms with Gasteiger partial charge in [0.1, 0.15) is 24.0 Å². The Morgan fingerprint density at radius 3 is 2.67 bits per heavy atom. The first-order valence-corrected chi connectivity index (χ1v) is 5.92. The van der Waals surface area contributed by atoms with Crippen molar-refractivity contribution in [2.45, 2.75) is 0 Å². The van der Waals surface area contributed by atoms with Crippen LogP contribution in [0.4, 0.5) is 0 Å². The van der Waals surface area contributed by atoms with Gasteiger partial charge in [0.25, 0.3) is 0 Å².